The smallest absolute Gasteiger partial charge is 0.327 e. The SMILES string of the molecule is CC(C)(NCl)C(=O)OCc1ccccc1. The van der Waals surface area contributed by atoms with Crippen LogP contribution < -0.4 is 4.84 Å². The molecule has 0 aliphatic carbocycles. The molecule has 0 aromatic heterocycles. The molecule has 0 aliphatic rings. The van der Waals surface area contributed by atoms with Crippen molar-refractivity contribution in [1.82, 2.24) is 4.84 Å². The van der Waals surface area contributed by atoms with Gasteiger partial charge in [0.2, 0.25) is 0 Å². The van der Waals surface area contributed by atoms with E-state index >= 15 is 0 Å². The highest BCUT2D eigenvalue weighted by atomic mass is 35.5. The summed E-state index contributed by atoms with van der Waals surface area (Å²) >= 11 is 5.42. The summed E-state index contributed by atoms with van der Waals surface area (Å²) < 4.78 is 5.10. The summed E-state index contributed by atoms with van der Waals surface area (Å²) in [6.07, 6.45) is 0. The fraction of sp³-hybridized carbons (Fsp3) is 0.364. The first-order chi connectivity index (χ1) is 7.06. The fourth-order valence-corrected chi connectivity index (χ4v) is 1.02. The van der Waals surface area contributed by atoms with E-state index in [-0.39, 0.29) is 12.6 Å². The molecule has 1 rings (SSSR count). The Morgan fingerprint density at radius 3 is 2.53 bits per heavy atom. The Balaban J connectivity index is 2.48. The molecule has 1 N–H and O–H groups in total. The molecule has 0 bridgehead atoms. The van der Waals surface area contributed by atoms with Crippen LogP contribution in [0, 0.1) is 0 Å². The molecule has 15 heavy (non-hydrogen) atoms. The molecule has 0 heterocycles. The number of rotatable bonds is 4. The number of nitrogens with one attached hydrogen (secondary N) is 1. The molecule has 0 fully saturated rings. The van der Waals surface area contributed by atoms with Gasteiger partial charge in [-0.15, -0.1) is 0 Å². The van der Waals surface area contributed by atoms with Gasteiger partial charge >= 0.3 is 5.97 Å². The maximum absolute atomic E-state index is 11.5. The number of carbonyl (C=O) groups excluding carboxylic acids is 1. The van der Waals surface area contributed by atoms with Gasteiger partial charge in [-0.1, -0.05) is 30.3 Å². The average Bonchev–Trinajstić information content (AvgIpc) is 2.27. The topological polar surface area (TPSA) is 38.3 Å². The van der Waals surface area contributed by atoms with E-state index in [9.17, 15) is 4.79 Å². The molecule has 0 aliphatic heterocycles. The van der Waals surface area contributed by atoms with Crippen LogP contribution in [0.15, 0.2) is 30.3 Å². The molecule has 0 radical (unpaired) electrons. The monoisotopic (exact) mass is 227 g/mol. The van der Waals surface area contributed by atoms with Crippen LogP contribution in [0.25, 0.3) is 0 Å². The molecule has 0 unspecified atom stereocenters. The number of halogens is 1. The van der Waals surface area contributed by atoms with Crippen LogP contribution in [0.1, 0.15) is 19.4 Å². The van der Waals surface area contributed by atoms with E-state index in [0.717, 1.165) is 5.56 Å². The molecule has 82 valence electrons. The second-order valence-corrected chi connectivity index (χ2v) is 3.97. The maximum Gasteiger partial charge on any atom is 0.327 e. The minimum Gasteiger partial charge on any atom is -0.459 e. The first kappa shape index (κ1) is 12.0. The summed E-state index contributed by atoms with van der Waals surface area (Å²) in [6.45, 7) is 3.59. The van der Waals surface area contributed by atoms with Crippen LogP contribution >= 0.6 is 11.8 Å². The van der Waals surface area contributed by atoms with E-state index in [1.165, 1.54) is 0 Å². The Kier molecular flexibility index (Phi) is 4.12. The highest BCUT2D eigenvalue weighted by Gasteiger charge is 2.28. The lowest BCUT2D eigenvalue weighted by Gasteiger charge is -2.19. The molecule has 0 saturated heterocycles. The van der Waals surface area contributed by atoms with Crippen molar-refractivity contribution in [3.63, 3.8) is 0 Å². The third kappa shape index (κ3) is 3.53. The van der Waals surface area contributed by atoms with Crippen molar-refractivity contribution in [3.05, 3.63) is 35.9 Å². The Morgan fingerprint density at radius 2 is 2.00 bits per heavy atom. The van der Waals surface area contributed by atoms with Crippen molar-refractivity contribution in [3.8, 4) is 0 Å². The number of hydrogen-bond donors (Lipinski definition) is 1. The van der Waals surface area contributed by atoms with Gasteiger partial charge in [-0.05, 0) is 31.2 Å². The standard InChI is InChI=1S/C11H14ClNO2/c1-11(2,13-12)10(14)15-8-9-6-4-3-5-7-9/h3-7,13H,8H2,1-2H3. The lowest BCUT2D eigenvalue weighted by molar-refractivity contribution is -0.150. The van der Waals surface area contributed by atoms with Gasteiger partial charge in [0.15, 0.2) is 0 Å². The van der Waals surface area contributed by atoms with Gasteiger partial charge in [0.25, 0.3) is 0 Å². The van der Waals surface area contributed by atoms with E-state index in [1.54, 1.807) is 13.8 Å². The average molecular weight is 228 g/mol. The molecule has 0 saturated carbocycles. The van der Waals surface area contributed by atoms with E-state index in [0.29, 0.717) is 0 Å². The zero-order valence-corrected chi connectivity index (χ0v) is 9.54. The van der Waals surface area contributed by atoms with Crippen molar-refractivity contribution in [2.24, 2.45) is 0 Å². The minimum absolute atomic E-state index is 0.266. The van der Waals surface area contributed by atoms with Crippen LogP contribution in [0.3, 0.4) is 0 Å². The minimum atomic E-state index is -0.865. The quantitative estimate of drug-likeness (QED) is 0.634. The Labute approximate surface area is 94.5 Å². The van der Waals surface area contributed by atoms with Gasteiger partial charge < -0.3 is 4.74 Å². The van der Waals surface area contributed by atoms with E-state index < -0.39 is 5.54 Å². The fourth-order valence-electron chi connectivity index (χ4n) is 0.942. The zero-order chi connectivity index (χ0) is 11.3. The number of carbonyl (C=O) groups is 1. The summed E-state index contributed by atoms with van der Waals surface area (Å²) in [5.41, 5.74) is 0.0901. The molecule has 1 aromatic rings. The van der Waals surface area contributed by atoms with Gasteiger partial charge in [0.05, 0.1) is 0 Å². The second-order valence-electron chi connectivity index (χ2n) is 3.78. The first-order valence-electron chi connectivity index (χ1n) is 4.65. The lowest BCUT2D eigenvalue weighted by Crippen LogP contribution is -2.42. The molecule has 0 spiro atoms. The summed E-state index contributed by atoms with van der Waals surface area (Å²) in [5.74, 6) is -0.374. The van der Waals surface area contributed by atoms with Crippen LogP contribution in [0.5, 0.6) is 0 Å². The number of hydrogen-bond acceptors (Lipinski definition) is 3. The summed E-state index contributed by atoms with van der Waals surface area (Å²) in [4.78, 5) is 13.9. The molecule has 4 heteroatoms. The van der Waals surface area contributed by atoms with Crippen LogP contribution in [-0.2, 0) is 16.1 Å². The lowest BCUT2D eigenvalue weighted by atomic mass is 10.1. The maximum atomic E-state index is 11.5. The molecule has 0 atom stereocenters. The van der Waals surface area contributed by atoms with Crippen molar-refractivity contribution in [2.75, 3.05) is 0 Å². The van der Waals surface area contributed by atoms with E-state index in [1.807, 2.05) is 30.3 Å². The zero-order valence-electron chi connectivity index (χ0n) is 8.79. The molecular formula is C11H14ClNO2. The van der Waals surface area contributed by atoms with Gasteiger partial charge in [-0.25, -0.2) is 4.84 Å². The van der Waals surface area contributed by atoms with Crippen LogP contribution in [-0.4, -0.2) is 11.5 Å². The Morgan fingerprint density at radius 1 is 1.40 bits per heavy atom. The third-order valence-corrected chi connectivity index (χ3v) is 2.43. The predicted molar refractivity (Wildman–Crippen MR) is 59.3 cm³/mol. The van der Waals surface area contributed by atoms with Gasteiger partial charge in [-0.3, -0.25) is 4.79 Å². The number of ether oxygens (including phenoxy) is 1. The Hall–Kier alpha value is -1.06. The highest BCUT2D eigenvalue weighted by Crippen LogP contribution is 2.08. The summed E-state index contributed by atoms with van der Waals surface area (Å²) in [7, 11) is 0. The summed E-state index contributed by atoms with van der Waals surface area (Å²) in [6, 6.07) is 9.50. The largest absolute Gasteiger partial charge is 0.459 e. The van der Waals surface area contributed by atoms with Crippen molar-refractivity contribution < 1.29 is 9.53 Å². The third-order valence-electron chi connectivity index (χ3n) is 1.96. The van der Waals surface area contributed by atoms with Gasteiger partial charge in [-0.2, -0.15) is 0 Å². The Bertz CT molecular complexity index is 325. The highest BCUT2D eigenvalue weighted by molar-refractivity contribution is 6.15. The van der Waals surface area contributed by atoms with Crippen LogP contribution in [0.4, 0.5) is 0 Å². The predicted octanol–water partition coefficient (Wildman–Crippen LogP) is 2.25. The molecule has 3 nitrogen and oxygen atoms in total. The van der Waals surface area contributed by atoms with Crippen LogP contribution in [0.2, 0.25) is 0 Å². The van der Waals surface area contributed by atoms with Crippen molar-refractivity contribution in [2.45, 2.75) is 26.0 Å². The molecular weight excluding hydrogens is 214 g/mol. The van der Waals surface area contributed by atoms with E-state index in [2.05, 4.69) is 4.84 Å². The van der Waals surface area contributed by atoms with Crippen molar-refractivity contribution >= 4 is 17.7 Å². The molecule has 1 aromatic carbocycles. The number of esters is 1. The van der Waals surface area contributed by atoms with Gasteiger partial charge in [0, 0.05) is 0 Å². The normalized spacial score (nSPS) is 11.1. The second kappa shape index (κ2) is 5.14. The molecule has 0 amide bonds. The van der Waals surface area contributed by atoms with E-state index in [4.69, 9.17) is 16.5 Å². The van der Waals surface area contributed by atoms with Crippen molar-refractivity contribution in [1.29, 1.82) is 0 Å². The first-order valence-corrected chi connectivity index (χ1v) is 5.03. The number of benzene rings is 1. The summed E-state index contributed by atoms with van der Waals surface area (Å²) in [5, 5.41) is 0. The van der Waals surface area contributed by atoms with Gasteiger partial charge in [0.1, 0.15) is 12.1 Å².